The first-order valence-corrected chi connectivity index (χ1v) is 9.32. The molecule has 0 bridgehead atoms. The van der Waals surface area contributed by atoms with Crippen molar-refractivity contribution in [2.45, 2.75) is 20.4 Å². The van der Waals surface area contributed by atoms with E-state index in [9.17, 15) is 4.79 Å². The number of carbonyl (C=O) groups excluding carboxylic acids is 1. The Bertz CT molecular complexity index is 742. The second kappa shape index (κ2) is 10.2. The van der Waals surface area contributed by atoms with E-state index in [-0.39, 0.29) is 5.76 Å². The minimum absolute atomic E-state index is 0.127. The van der Waals surface area contributed by atoms with Crippen LogP contribution < -0.4 is 9.64 Å². The van der Waals surface area contributed by atoms with Gasteiger partial charge in [0, 0.05) is 37.3 Å². The van der Waals surface area contributed by atoms with Gasteiger partial charge < -0.3 is 18.8 Å². The molecule has 0 N–H and O–H groups in total. The van der Waals surface area contributed by atoms with Crippen LogP contribution in [0.1, 0.15) is 30.3 Å². The van der Waals surface area contributed by atoms with Gasteiger partial charge in [0.25, 0.3) is 0 Å². The van der Waals surface area contributed by atoms with E-state index in [2.05, 4.69) is 19.5 Å². The molecule has 148 valence electrons. The van der Waals surface area contributed by atoms with Crippen LogP contribution in [0.3, 0.4) is 0 Å². The molecule has 1 aromatic carbocycles. The molecule has 3 rings (SSSR count). The summed E-state index contributed by atoms with van der Waals surface area (Å²) in [7, 11) is 2.96. The SMILES string of the molecule is CC.COC(=O)c1cnc(CN2CCN(c3ccc(Cl)cc3OC)CC2)o1. The van der Waals surface area contributed by atoms with Crippen molar-refractivity contribution in [2.24, 2.45) is 0 Å². The zero-order valence-corrected chi connectivity index (χ0v) is 17.0. The number of rotatable bonds is 5. The quantitative estimate of drug-likeness (QED) is 0.718. The van der Waals surface area contributed by atoms with Crippen LogP contribution in [0.2, 0.25) is 5.02 Å². The maximum atomic E-state index is 11.4. The van der Waals surface area contributed by atoms with Gasteiger partial charge in [-0.05, 0) is 12.1 Å². The Hall–Kier alpha value is -2.25. The molecule has 1 saturated heterocycles. The molecule has 0 spiro atoms. The van der Waals surface area contributed by atoms with Crippen LogP contribution in [0.5, 0.6) is 5.75 Å². The van der Waals surface area contributed by atoms with Crippen molar-refractivity contribution in [1.29, 1.82) is 0 Å². The summed E-state index contributed by atoms with van der Waals surface area (Å²) in [6.07, 6.45) is 1.40. The molecule has 0 aliphatic carbocycles. The van der Waals surface area contributed by atoms with Crippen LogP contribution in [0.25, 0.3) is 0 Å². The third kappa shape index (κ3) is 5.37. The molecule has 0 atom stereocenters. The van der Waals surface area contributed by atoms with Gasteiger partial charge in [0.05, 0.1) is 32.6 Å². The van der Waals surface area contributed by atoms with Crippen molar-refractivity contribution < 1.29 is 18.7 Å². The van der Waals surface area contributed by atoms with E-state index >= 15 is 0 Å². The van der Waals surface area contributed by atoms with Gasteiger partial charge >= 0.3 is 5.97 Å². The Morgan fingerprint density at radius 3 is 2.56 bits per heavy atom. The molecule has 8 heteroatoms. The smallest absolute Gasteiger partial charge is 0.375 e. The van der Waals surface area contributed by atoms with E-state index in [1.165, 1.54) is 13.3 Å². The first kappa shape index (κ1) is 21.1. The van der Waals surface area contributed by atoms with Gasteiger partial charge in [-0.1, -0.05) is 25.4 Å². The van der Waals surface area contributed by atoms with E-state index in [0.717, 1.165) is 37.6 Å². The number of ether oxygens (including phenoxy) is 2. The van der Waals surface area contributed by atoms with Crippen LogP contribution in [0, 0.1) is 0 Å². The number of halogens is 1. The lowest BCUT2D eigenvalue weighted by Gasteiger charge is -2.36. The molecule has 7 nitrogen and oxygen atoms in total. The van der Waals surface area contributed by atoms with E-state index in [0.29, 0.717) is 17.5 Å². The highest BCUT2D eigenvalue weighted by molar-refractivity contribution is 6.30. The number of piperazine rings is 1. The summed E-state index contributed by atoms with van der Waals surface area (Å²) in [5.41, 5.74) is 1.04. The highest BCUT2D eigenvalue weighted by atomic mass is 35.5. The second-order valence-corrected chi connectivity index (χ2v) is 6.13. The van der Waals surface area contributed by atoms with Gasteiger partial charge in [-0.3, -0.25) is 4.90 Å². The van der Waals surface area contributed by atoms with Crippen LogP contribution in [0.4, 0.5) is 5.69 Å². The Labute approximate surface area is 164 Å². The molecule has 1 aliphatic rings. The molecule has 2 heterocycles. The minimum atomic E-state index is -0.515. The van der Waals surface area contributed by atoms with E-state index in [4.69, 9.17) is 20.8 Å². The third-order valence-electron chi connectivity index (χ3n) is 4.15. The second-order valence-electron chi connectivity index (χ2n) is 5.69. The number of benzene rings is 1. The molecule has 0 unspecified atom stereocenters. The fraction of sp³-hybridized carbons (Fsp3) is 0.474. The Balaban J connectivity index is 0.00000126. The first-order chi connectivity index (χ1) is 13.1. The maximum Gasteiger partial charge on any atom is 0.375 e. The molecule has 1 aromatic heterocycles. The lowest BCUT2D eigenvalue weighted by atomic mass is 10.2. The average Bonchev–Trinajstić information content (AvgIpc) is 3.18. The van der Waals surface area contributed by atoms with Crippen molar-refractivity contribution in [2.75, 3.05) is 45.3 Å². The highest BCUT2D eigenvalue weighted by Gasteiger charge is 2.22. The fourth-order valence-corrected chi connectivity index (χ4v) is 2.99. The molecular formula is C19H26ClN3O4. The summed E-state index contributed by atoms with van der Waals surface area (Å²) < 4.78 is 15.5. The summed E-state index contributed by atoms with van der Waals surface area (Å²) in [5.74, 6) is 0.898. The van der Waals surface area contributed by atoms with Crippen LogP contribution in [-0.2, 0) is 11.3 Å². The van der Waals surface area contributed by atoms with E-state index in [1.807, 2.05) is 32.0 Å². The number of hydrogen-bond acceptors (Lipinski definition) is 7. The zero-order valence-electron chi connectivity index (χ0n) is 16.2. The van der Waals surface area contributed by atoms with Crippen molar-refractivity contribution in [3.8, 4) is 5.75 Å². The number of oxazole rings is 1. The number of nitrogens with zero attached hydrogens (tertiary/aromatic N) is 3. The summed E-state index contributed by atoms with van der Waals surface area (Å²) in [4.78, 5) is 20.0. The van der Waals surface area contributed by atoms with Crippen LogP contribution in [0.15, 0.2) is 28.8 Å². The lowest BCUT2D eigenvalue weighted by Crippen LogP contribution is -2.46. The number of carbonyl (C=O) groups is 1. The number of anilines is 1. The molecule has 2 aromatic rings. The van der Waals surface area contributed by atoms with Crippen LogP contribution >= 0.6 is 11.6 Å². The van der Waals surface area contributed by atoms with Crippen molar-refractivity contribution in [1.82, 2.24) is 9.88 Å². The zero-order chi connectivity index (χ0) is 19.8. The summed E-state index contributed by atoms with van der Waals surface area (Å²) in [6, 6.07) is 5.67. The first-order valence-electron chi connectivity index (χ1n) is 8.94. The molecule has 0 saturated carbocycles. The van der Waals surface area contributed by atoms with Gasteiger partial charge in [0.2, 0.25) is 11.7 Å². The normalized spacial score (nSPS) is 14.3. The molecule has 27 heavy (non-hydrogen) atoms. The topological polar surface area (TPSA) is 68.0 Å². The Morgan fingerprint density at radius 1 is 1.22 bits per heavy atom. The number of esters is 1. The number of hydrogen-bond donors (Lipinski definition) is 0. The third-order valence-corrected chi connectivity index (χ3v) is 4.39. The standard InChI is InChI=1S/C17H20ClN3O4.C2H6/c1-23-14-9-12(18)3-4-13(14)21-7-5-20(6-8-21)11-16-19-10-15(25-16)17(22)24-2;1-2/h3-4,9-10H,5-8,11H2,1-2H3;1-2H3. The van der Waals surface area contributed by atoms with Crippen molar-refractivity contribution in [3.05, 3.63) is 41.1 Å². The number of methoxy groups -OCH3 is 2. The van der Waals surface area contributed by atoms with E-state index in [1.54, 1.807) is 7.11 Å². The van der Waals surface area contributed by atoms with Gasteiger partial charge in [-0.15, -0.1) is 0 Å². The van der Waals surface area contributed by atoms with Crippen molar-refractivity contribution >= 4 is 23.3 Å². The van der Waals surface area contributed by atoms with Gasteiger partial charge in [-0.2, -0.15) is 0 Å². The molecule has 1 aliphatic heterocycles. The van der Waals surface area contributed by atoms with Gasteiger partial charge in [-0.25, -0.2) is 9.78 Å². The summed E-state index contributed by atoms with van der Waals surface area (Å²) >= 11 is 6.03. The molecule has 0 amide bonds. The summed E-state index contributed by atoms with van der Waals surface area (Å²) in [5, 5.41) is 0.657. The monoisotopic (exact) mass is 395 g/mol. The van der Waals surface area contributed by atoms with Gasteiger partial charge in [0.1, 0.15) is 5.75 Å². The van der Waals surface area contributed by atoms with Crippen LogP contribution in [-0.4, -0.2) is 56.3 Å². The predicted molar refractivity (Wildman–Crippen MR) is 105 cm³/mol. The van der Waals surface area contributed by atoms with Gasteiger partial charge in [0.15, 0.2) is 0 Å². The largest absolute Gasteiger partial charge is 0.495 e. The Kier molecular flexibility index (Phi) is 7.94. The molecule has 0 radical (unpaired) electrons. The molecule has 1 fully saturated rings. The summed E-state index contributed by atoms with van der Waals surface area (Å²) in [6.45, 7) is 7.96. The predicted octanol–water partition coefficient (Wildman–Crippen LogP) is 3.47. The lowest BCUT2D eigenvalue weighted by molar-refractivity contribution is 0.0561. The van der Waals surface area contributed by atoms with Crippen molar-refractivity contribution in [3.63, 3.8) is 0 Å². The molecular weight excluding hydrogens is 370 g/mol. The minimum Gasteiger partial charge on any atom is -0.495 e. The van der Waals surface area contributed by atoms with E-state index < -0.39 is 5.97 Å². The maximum absolute atomic E-state index is 11.4. The average molecular weight is 396 g/mol. The fourth-order valence-electron chi connectivity index (χ4n) is 2.83. The Morgan fingerprint density at radius 2 is 1.93 bits per heavy atom. The highest BCUT2D eigenvalue weighted by Crippen LogP contribution is 2.31. The number of aromatic nitrogens is 1.